The van der Waals surface area contributed by atoms with Gasteiger partial charge in [0.1, 0.15) is 6.04 Å². The molecule has 0 aliphatic heterocycles. The molecule has 20 heavy (non-hydrogen) atoms. The van der Waals surface area contributed by atoms with Gasteiger partial charge in [-0.05, 0) is 20.8 Å². The lowest BCUT2D eigenvalue weighted by Gasteiger charge is -2.21. The molecule has 0 bridgehead atoms. The summed E-state index contributed by atoms with van der Waals surface area (Å²) in [5.41, 5.74) is 1.03. The van der Waals surface area contributed by atoms with Gasteiger partial charge in [-0.2, -0.15) is 5.10 Å². The zero-order valence-corrected chi connectivity index (χ0v) is 12.4. The first-order chi connectivity index (χ1) is 9.49. The molecule has 0 spiro atoms. The van der Waals surface area contributed by atoms with Crippen molar-refractivity contribution in [2.75, 3.05) is 7.05 Å². The van der Waals surface area contributed by atoms with Crippen LogP contribution in [0.15, 0.2) is 31.1 Å². The van der Waals surface area contributed by atoms with Crippen molar-refractivity contribution in [3.63, 3.8) is 0 Å². The van der Waals surface area contributed by atoms with E-state index in [1.165, 1.54) is 0 Å². The van der Waals surface area contributed by atoms with E-state index in [4.69, 9.17) is 0 Å². The van der Waals surface area contributed by atoms with E-state index in [0.29, 0.717) is 12.6 Å². The van der Waals surface area contributed by atoms with Gasteiger partial charge in [0.05, 0.1) is 12.5 Å². The predicted molar refractivity (Wildman–Crippen MR) is 76.0 cm³/mol. The average molecular weight is 275 g/mol. The molecule has 2 aromatic heterocycles. The van der Waals surface area contributed by atoms with Crippen molar-refractivity contribution in [2.24, 2.45) is 0 Å². The van der Waals surface area contributed by atoms with Crippen molar-refractivity contribution >= 4 is 5.91 Å². The van der Waals surface area contributed by atoms with E-state index in [9.17, 15) is 4.79 Å². The van der Waals surface area contributed by atoms with Crippen molar-refractivity contribution < 1.29 is 4.79 Å². The summed E-state index contributed by atoms with van der Waals surface area (Å²) in [6.07, 6.45) is 8.93. The molecule has 6 nitrogen and oxygen atoms in total. The Kier molecular flexibility index (Phi) is 4.22. The van der Waals surface area contributed by atoms with Crippen molar-refractivity contribution in [1.29, 1.82) is 0 Å². The summed E-state index contributed by atoms with van der Waals surface area (Å²) in [5, 5.41) is 4.29. The highest BCUT2D eigenvalue weighted by Crippen LogP contribution is 2.12. The molecule has 0 radical (unpaired) electrons. The average Bonchev–Trinajstić information content (AvgIpc) is 3.07. The number of rotatable bonds is 5. The van der Waals surface area contributed by atoms with Crippen LogP contribution >= 0.6 is 0 Å². The lowest BCUT2D eigenvalue weighted by Crippen LogP contribution is -2.32. The van der Waals surface area contributed by atoms with Gasteiger partial charge in [-0.1, -0.05) is 0 Å². The third-order valence-corrected chi connectivity index (χ3v) is 3.31. The number of amides is 1. The highest BCUT2D eigenvalue weighted by molar-refractivity contribution is 5.79. The van der Waals surface area contributed by atoms with Crippen LogP contribution in [0.5, 0.6) is 0 Å². The van der Waals surface area contributed by atoms with E-state index < -0.39 is 0 Å². The summed E-state index contributed by atoms with van der Waals surface area (Å²) in [4.78, 5) is 18.0. The Morgan fingerprint density at radius 1 is 1.40 bits per heavy atom. The van der Waals surface area contributed by atoms with Gasteiger partial charge in [-0.25, -0.2) is 4.98 Å². The number of carbonyl (C=O) groups excluding carboxylic acids is 1. The molecule has 0 aliphatic carbocycles. The second-order valence-electron chi connectivity index (χ2n) is 5.30. The number of imidazole rings is 1. The van der Waals surface area contributed by atoms with Crippen molar-refractivity contribution in [2.45, 2.75) is 39.4 Å². The van der Waals surface area contributed by atoms with Crippen LogP contribution < -0.4 is 0 Å². The molecule has 2 aromatic rings. The van der Waals surface area contributed by atoms with Gasteiger partial charge in [-0.15, -0.1) is 0 Å². The lowest BCUT2D eigenvalue weighted by atomic mass is 10.2. The second kappa shape index (κ2) is 5.90. The van der Waals surface area contributed by atoms with Gasteiger partial charge < -0.3 is 9.47 Å². The van der Waals surface area contributed by atoms with Crippen LogP contribution in [0.2, 0.25) is 0 Å². The van der Waals surface area contributed by atoms with Gasteiger partial charge in [-0.3, -0.25) is 9.48 Å². The monoisotopic (exact) mass is 275 g/mol. The van der Waals surface area contributed by atoms with Crippen molar-refractivity contribution in [3.8, 4) is 0 Å². The summed E-state index contributed by atoms with van der Waals surface area (Å²) in [6, 6.07) is 0.0808. The third kappa shape index (κ3) is 3.07. The first kappa shape index (κ1) is 14.3. The Hall–Kier alpha value is -2.11. The standard InChI is InChI=1S/C14H21N5O/c1-11(2)19-9-13(7-16-19)8-17(4)14(20)12(3)18-6-5-15-10-18/h5-7,9-12H,8H2,1-4H3/t12-/m0/s1. The van der Waals surface area contributed by atoms with E-state index in [1.807, 2.05) is 31.0 Å². The summed E-state index contributed by atoms with van der Waals surface area (Å²) in [5.74, 6) is 0.0558. The molecule has 6 heteroatoms. The van der Waals surface area contributed by atoms with Crippen LogP contribution in [0.4, 0.5) is 0 Å². The quantitative estimate of drug-likeness (QED) is 0.837. The molecule has 0 N–H and O–H groups in total. The third-order valence-electron chi connectivity index (χ3n) is 3.31. The molecule has 1 amide bonds. The normalized spacial score (nSPS) is 12.7. The zero-order chi connectivity index (χ0) is 14.7. The lowest BCUT2D eigenvalue weighted by molar-refractivity contribution is -0.133. The molecule has 0 unspecified atom stereocenters. The van der Waals surface area contributed by atoms with Gasteiger partial charge in [0, 0.05) is 43.8 Å². The van der Waals surface area contributed by atoms with Crippen LogP contribution in [-0.4, -0.2) is 37.2 Å². The largest absolute Gasteiger partial charge is 0.340 e. The molecular formula is C14H21N5O. The fraction of sp³-hybridized carbons (Fsp3) is 0.500. The number of likely N-dealkylation sites (N-methyl/N-ethyl adjacent to an activating group) is 1. The minimum Gasteiger partial charge on any atom is -0.340 e. The zero-order valence-electron chi connectivity index (χ0n) is 12.4. The molecule has 0 aromatic carbocycles. The topological polar surface area (TPSA) is 56.0 Å². The maximum Gasteiger partial charge on any atom is 0.245 e. The summed E-state index contributed by atoms with van der Waals surface area (Å²) in [7, 11) is 1.81. The van der Waals surface area contributed by atoms with E-state index in [2.05, 4.69) is 23.9 Å². The summed E-state index contributed by atoms with van der Waals surface area (Å²) < 4.78 is 3.70. The number of carbonyl (C=O) groups is 1. The van der Waals surface area contributed by atoms with E-state index in [-0.39, 0.29) is 11.9 Å². The van der Waals surface area contributed by atoms with Crippen LogP contribution in [-0.2, 0) is 11.3 Å². The first-order valence-corrected chi connectivity index (χ1v) is 6.74. The van der Waals surface area contributed by atoms with Crippen molar-refractivity contribution in [1.82, 2.24) is 24.2 Å². The Bertz CT molecular complexity index is 558. The van der Waals surface area contributed by atoms with Gasteiger partial charge in [0.25, 0.3) is 0 Å². The molecule has 1 atom stereocenters. The summed E-state index contributed by atoms with van der Waals surface area (Å²) >= 11 is 0. The van der Waals surface area contributed by atoms with E-state index >= 15 is 0 Å². The Morgan fingerprint density at radius 2 is 2.15 bits per heavy atom. The van der Waals surface area contributed by atoms with Crippen LogP contribution in [0.1, 0.15) is 38.4 Å². The van der Waals surface area contributed by atoms with Crippen molar-refractivity contribution in [3.05, 3.63) is 36.7 Å². The van der Waals surface area contributed by atoms with E-state index in [1.54, 1.807) is 28.2 Å². The van der Waals surface area contributed by atoms with Gasteiger partial charge >= 0.3 is 0 Å². The molecule has 0 fully saturated rings. The molecular weight excluding hydrogens is 254 g/mol. The summed E-state index contributed by atoms with van der Waals surface area (Å²) in [6.45, 7) is 6.59. The fourth-order valence-electron chi connectivity index (χ4n) is 2.04. The molecule has 108 valence electrons. The second-order valence-corrected chi connectivity index (χ2v) is 5.30. The van der Waals surface area contributed by atoms with Gasteiger partial charge in [0.15, 0.2) is 0 Å². The molecule has 0 saturated heterocycles. The number of aromatic nitrogens is 4. The SMILES string of the molecule is CC(C)n1cc(CN(C)C(=O)[C@H](C)n2ccnc2)cn1. The predicted octanol–water partition coefficient (Wildman–Crippen LogP) is 1.88. The van der Waals surface area contributed by atoms with Crippen LogP contribution in [0.3, 0.4) is 0 Å². The minimum atomic E-state index is -0.248. The number of hydrogen-bond donors (Lipinski definition) is 0. The minimum absolute atomic E-state index is 0.0558. The highest BCUT2D eigenvalue weighted by atomic mass is 16.2. The Labute approximate surface area is 119 Å². The number of nitrogens with zero attached hydrogens (tertiary/aromatic N) is 5. The van der Waals surface area contributed by atoms with Crippen LogP contribution in [0.25, 0.3) is 0 Å². The van der Waals surface area contributed by atoms with Gasteiger partial charge in [0.2, 0.25) is 5.91 Å². The highest BCUT2D eigenvalue weighted by Gasteiger charge is 2.19. The Balaban J connectivity index is 2.00. The van der Waals surface area contributed by atoms with Crippen LogP contribution in [0, 0.1) is 0 Å². The molecule has 2 heterocycles. The molecule has 0 saturated carbocycles. The molecule has 2 rings (SSSR count). The number of hydrogen-bond acceptors (Lipinski definition) is 3. The fourth-order valence-corrected chi connectivity index (χ4v) is 2.04. The maximum atomic E-state index is 12.3. The molecule has 0 aliphatic rings. The smallest absolute Gasteiger partial charge is 0.245 e. The maximum absolute atomic E-state index is 12.3. The Morgan fingerprint density at radius 3 is 2.70 bits per heavy atom. The van der Waals surface area contributed by atoms with E-state index in [0.717, 1.165) is 5.56 Å². The first-order valence-electron chi connectivity index (χ1n) is 6.74.